The van der Waals surface area contributed by atoms with Gasteiger partial charge in [0.2, 0.25) is 0 Å². The van der Waals surface area contributed by atoms with Gasteiger partial charge < -0.3 is 10.2 Å². The second-order valence-corrected chi connectivity index (χ2v) is 5.82. The molecule has 25 heavy (non-hydrogen) atoms. The zero-order chi connectivity index (χ0) is 18.4. The minimum atomic E-state index is -0.307. The number of hydrogen-bond acceptors (Lipinski definition) is 3. The highest BCUT2D eigenvalue weighted by molar-refractivity contribution is 6.05. The summed E-state index contributed by atoms with van der Waals surface area (Å²) in [6, 6.07) is 9.13. The first kappa shape index (κ1) is 18.6. The summed E-state index contributed by atoms with van der Waals surface area (Å²) >= 11 is 0. The van der Waals surface area contributed by atoms with E-state index in [4.69, 9.17) is 0 Å². The van der Waals surface area contributed by atoms with Crippen molar-refractivity contribution in [3.8, 4) is 0 Å². The standard InChI is InChI=1S/C20H25N3O2/c1-5-15-10-8-9-14(4)18(15)22-19(24)17-13-16(11-12-21-17)20(25)23(6-2)7-3/h8-13H,5-7H2,1-4H3,(H,22,24). The maximum atomic E-state index is 12.6. The Labute approximate surface area is 149 Å². The Balaban J connectivity index is 2.27. The maximum Gasteiger partial charge on any atom is 0.274 e. The summed E-state index contributed by atoms with van der Waals surface area (Å²) in [5, 5.41) is 2.94. The Hall–Kier alpha value is -2.69. The van der Waals surface area contributed by atoms with E-state index < -0.39 is 0 Å². The van der Waals surface area contributed by atoms with Crippen LogP contribution in [0.1, 0.15) is 52.7 Å². The van der Waals surface area contributed by atoms with Gasteiger partial charge in [-0.25, -0.2) is 0 Å². The molecule has 5 nitrogen and oxygen atoms in total. The first-order chi connectivity index (χ1) is 12.0. The number of para-hydroxylation sites is 1. The molecule has 2 amide bonds. The Bertz CT molecular complexity index is 767. The van der Waals surface area contributed by atoms with Crippen LogP contribution in [-0.2, 0) is 6.42 Å². The fourth-order valence-electron chi connectivity index (χ4n) is 2.76. The highest BCUT2D eigenvalue weighted by atomic mass is 16.2. The van der Waals surface area contributed by atoms with E-state index in [0.29, 0.717) is 18.7 Å². The van der Waals surface area contributed by atoms with Crippen molar-refractivity contribution in [2.45, 2.75) is 34.1 Å². The Morgan fingerprint density at radius 1 is 1.12 bits per heavy atom. The van der Waals surface area contributed by atoms with E-state index in [9.17, 15) is 9.59 Å². The molecule has 0 unspecified atom stereocenters. The van der Waals surface area contributed by atoms with Crippen molar-refractivity contribution in [3.63, 3.8) is 0 Å². The molecule has 2 aromatic rings. The van der Waals surface area contributed by atoms with E-state index in [2.05, 4.69) is 10.3 Å². The van der Waals surface area contributed by atoms with E-state index in [1.54, 1.807) is 17.0 Å². The van der Waals surface area contributed by atoms with Crippen LogP contribution in [0.3, 0.4) is 0 Å². The van der Waals surface area contributed by atoms with Crippen molar-refractivity contribution in [1.82, 2.24) is 9.88 Å². The first-order valence-corrected chi connectivity index (χ1v) is 8.66. The minimum Gasteiger partial charge on any atom is -0.339 e. The van der Waals surface area contributed by atoms with Crippen LogP contribution in [-0.4, -0.2) is 34.8 Å². The SMILES string of the molecule is CCc1cccc(C)c1NC(=O)c1cc(C(=O)N(CC)CC)ccn1. The van der Waals surface area contributed by atoms with Crippen LogP contribution >= 0.6 is 0 Å². The number of hydrogen-bond donors (Lipinski definition) is 1. The molecule has 0 aliphatic rings. The summed E-state index contributed by atoms with van der Waals surface area (Å²) in [5.74, 6) is -0.398. The van der Waals surface area contributed by atoms with Gasteiger partial charge in [-0.1, -0.05) is 25.1 Å². The summed E-state index contributed by atoms with van der Waals surface area (Å²) in [5.41, 5.74) is 3.61. The van der Waals surface area contributed by atoms with E-state index in [0.717, 1.165) is 23.2 Å². The van der Waals surface area contributed by atoms with Gasteiger partial charge in [0.05, 0.1) is 0 Å². The lowest BCUT2D eigenvalue weighted by Gasteiger charge is -2.18. The smallest absolute Gasteiger partial charge is 0.274 e. The highest BCUT2D eigenvalue weighted by Gasteiger charge is 2.16. The first-order valence-electron chi connectivity index (χ1n) is 8.66. The number of carbonyl (C=O) groups excluding carboxylic acids is 2. The van der Waals surface area contributed by atoms with Crippen molar-refractivity contribution in [2.24, 2.45) is 0 Å². The third-order valence-corrected chi connectivity index (χ3v) is 4.27. The molecular weight excluding hydrogens is 314 g/mol. The van der Waals surface area contributed by atoms with Crippen LogP contribution in [0.4, 0.5) is 5.69 Å². The Morgan fingerprint density at radius 3 is 2.48 bits per heavy atom. The number of nitrogens with one attached hydrogen (secondary N) is 1. The highest BCUT2D eigenvalue weighted by Crippen LogP contribution is 2.21. The molecule has 0 atom stereocenters. The molecule has 0 radical (unpaired) electrons. The molecule has 0 aliphatic heterocycles. The molecule has 1 aromatic heterocycles. The molecule has 1 aromatic carbocycles. The molecule has 132 valence electrons. The topological polar surface area (TPSA) is 62.3 Å². The number of rotatable bonds is 6. The molecule has 0 spiro atoms. The van der Waals surface area contributed by atoms with Crippen LogP contribution < -0.4 is 5.32 Å². The molecule has 0 saturated heterocycles. The lowest BCUT2D eigenvalue weighted by atomic mass is 10.1. The Morgan fingerprint density at radius 2 is 1.84 bits per heavy atom. The lowest BCUT2D eigenvalue weighted by Crippen LogP contribution is -2.30. The number of aryl methyl sites for hydroxylation is 2. The summed E-state index contributed by atoms with van der Waals surface area (Å²) in [6.07, 6.45) is 2.33. The normalized spacial score (nSPS) is 10.4. The lowest BCUT2D eigenvalue weighted by molar-refractivity contribution is 0.0773. The fourth-order valence-corrected chi connectivity index (χ4v) is 2.76. The summed E-state index contributed by atoms with van der Waals surface area (Å²) in [4.78, 5) is 30.9. The number of carbonyl (C=O) groups is 2. The Kier molecular flexibility index (Phi) is 6.28. The van der Waals surface area contributed by atoms with Gasteiger partial charge in [0.1, 0.15) is 5.69 Å². The van der Waals surface area contributed by atoms with Gasteiger partial charge in [0.15, 0.2) is 0 Å². The van der Waals surface area contributed by atoms with Gasteiger partial charge in [0, 0.05) is 30.5 Å². The molecule has 0 aliphatic carbocycles. The van der Waals surface area contributed by atoms with Crippen molar-refractivity contribution in [2.75, 3.05) is 18.4 Å². The maximum absolute atomic E-state index is 12.6. The van der Waals surface area contributed by atoms with Crippen molar-refractivity contribution in [1.29, 1.82) is 0 Å². The van der Waals surface area contributed by atoms with Crippen molar-refractivity contribution >= 4 is 17.5 Å². The number of amides is 2. The number of anilines is 1. The molecule has 1 N–H and O–H groups in total. The number of aromatic nitrogens is 1. The summed E-state index contributed by atoms with van der Waals surface area (Å²) in [6.45, 7) is 9.13. The molecule has 0 fully saturated rings. The molecule has 5 heteroatoms. The summed E-state index contributed by atoms with van der Waals surface area (Å²) in [7, 11) is 0. The predicted molar refractivity (Wildman–Crippen MR) is 100.0 cm³/mol. The largest absolute Gasteiger partial charge is 0.339 e. The van der Waals surface area contributed by atoms with E-state index in [-0.39, 0.29) is 17.5 Å². The summed E-state index contributed by atoms with van der Waals surface area (Å²) < 4.78 is 0. The van der Waals surface area contributed by atoms with Gasteiger partial charge in [0.25, 0.3) is 11.8 Å². The quantitative estimate of drug-likeness (QED) is 0.873. The predicted octanol–water partition coefficient (Wildman–Crippen LogP) is 3.69. The van der Waals surface area contributed by atoms with Crippen LogP contribution in [0.2, 0.25) is 0 Å². The average molecular weight is 339 g/mol. The molecular formula is C20H25N3O2. The second-order valence-electron chi connectivity index (χ2n) is 5.82. The second kappa shape index (κ2) is 8.42. The van der Waals surface area contributed by atoms with Gasteiger partial charge in [-0.05, 0) is 50.5 Å². The number of pyridine rings is 1. The van der Waals surface area contributed by atoms with E-state index in [1.807, 2.05) is 45.9 Å². The van der Waals surface area contributed by atoms with Gasteiger partial charge in [-0.15, -0.1) is 0 Å². The van der Waals surface area contributed by atoms with Crippen LogP contribution in [0.25, 0.3) is 0 Å². The van der Waals surface area contributed by atoms with E-state index in [1.165, 1.54) is 6.20 Å². The van der Waals surface area contributed by atoms with Crippen LogP contribution in [0.15, 0.2) is 36.5 Å². The van der Waals surface area contributed by atoms with Crippen LogP contribution in [0.5, 0.6) is 0 Å². The molecule has 1 heterocycles. The zero-order valence-corrected chi connectivity index (χ0v) is 15.3. The van der Waals surface area contributed by atoms with Gasteiger partial charge in [-0.2, -0.15) is 0 Å². The van der Waals surface area contributed by atoms with E-state index >= 15 is 0 Å². The minimum absolute atomic E-state index is 0.0911. The van der Waals surface area contributed by atoms with Crippen molar-refractivity contribution < 1.29 is 9.59 Å². The monoisotopic (exact) mass is 339 g/mol. The number of nitrogens with zero attached hydrogens (tertiary/aromatic N) is 2. The van der Waals surface area contributed by atoms with Gasteiger partial charge >= 0.3 is 0 Å². The molecule has 0 saturated carbocycles. The molecule has 2 rings (SSSR count). The average Bonchev–Trinajstić information content (AvgIpc) is 2.64. The fraction of sp³-hybridized carbons (Fsp3) is 0.350. The third kappa shape index (κ3) is 4.24. The van der Waals surface area contributed by atoms with Crippen molar-refractivity contribution in [3.05, 3.63) is 58.9 Å². The van der Waals surface area contributed by atoms with Crippen LogP contribution in [0, 0.1) is 6.92 Å². The van der Waals surface area contributed by atoms with Gasteiger partial charge in [-0.3, -0.25) is 14.6 Å². The molecule has 0 bridgehead atoms. The third-order valence-electron chi connectivity index (χ3n) is 4.27. The zero-order valence-electron chi connectivity index (χ0n) is 15.3. The number of benzene rings is 1.